The summed E-state index contributed by atoms with van der Waals surface area (Å²) in [5.41, 5.74) is 0.404. The summed E-state index contributed by atoms with van der Waals surface area (Å²) >= 11 is 1.97. The van der Waals surface area contributed by atoms with Gasteiger partial charge in [0.2, 0.25) is 15.9 Å². The minimum Gasteiger partial charge on any atom is -0.351 e. The van der Waals surface area contributed by atoms with E-state index in [0.29, 0.717) is 9.13 Å². The summed E-state index contributed by atoms with van der Waals surface area (Å²) in [7, 11) is -4.07. The molecule has 0 bridgehead atoms. The van der Waals surface area contributed by atoms with Gasteiger partial charge < -0.3 is 5.32 Å². The van der Waals surface area contributed by atoms with Gasteiger partial charge in [-0.1, -0.05) is 24.3 Å². The topological polar surface area (TPSA) is 123 Å². The summed E-state index contributed by atoms with van der Waals surface area (Å²) in [6.07, 6.45) is -0.0767. The quantitative estimate of drug-likeness (QED) is 0.366. The molecule has 14 heteroatoms. The average molecular weight is 709 g/mol. The standard InChI is InChI=1S/C28H23F3IN5O4S/c29-18-4-3-5-20(13-18)36(25(21-6-1-2-7-22(21)32)26(38)35-19-14-28(30,31)15-19)27(39)23-9-11-42(40,41)37(23)24-12-17(16-33)8-10-34-24/h1-8,10,12-13,19,23,25H,9,11,14-15H2,(H,35,38)/t23-,25-/m0/s1. The molecule has 1 aliphatic carbocycles. The molecule has 218 valence electrons. The molecule has 2 amide bonds. The number of sulfonamides is 1. The highest BCUT2D eigenvalue weighted by atomic mass is 127. The van der Waals surface area contributed by atoms with E-state index in [2.05, 4.69) is 10.3 Å². The molecular weight excluding hydrogens is 686 g/mol. The maximum absolute atomic E-state index is 14.6. The van der Waals surface area contributed by atoms with Crippen molar-refractivity contribution in [1.82, 2.24) is 10.3 Å². The fourth-order valence-corrected chi connectivity index (χ4v) is 7.50. The van der Waals surface area contributed by atoms with Crippen molar-refractivity contribution in [3.63, 3.8) is 0 Å². The van der Waals surface area contributed by atoms with Crippen LogP contribution >= 0.6 is 22.6 Å². The number of pyridine rings is 1. The van der Waals surface area contributed by atoms with Crippen molar-refractivity contribution < 1.29 is 31.2 Å². The number of nitrogens with one attached hydrogen (secondary N) is 1. The zero-order chi connectivity index (χ0) is 30.2. The number of amides is 2. The lowest BCUT2D eigenvalue weighted by Crippen LogP contribution is -2.56. The first kappa shape index (κ1) is 29.8. The summed E-state index contributed by atoms with van der Waals surface area (Å²) in [4.78, 5) is 33.4. The Kier molecular flexibility index (Phi) is 8.17. The average Bonchev–Trinajstić information content (AvgIpc) is 3.25. The molecule has 9 nitrogen and oxygen atoms in total. The van der Waals surface area contributed by atoms with E-state index in [4.69, 9.17) is 0 Å². The third-order valence-corrected chi connectivity index (χ3v) is 9.86. The first-order valence-electron chi connectivity index (χ1n) is 12.8. The van der Waals surface area contributed by atoms with Gasteiger partial charge >= 0.3 is 0 Å². The third-order valence-electron chi connectivity index (χ3n) is 7.08. The number of hydrogen-bond donors (Lipinski definition) is 1. The number of hydrogen-bond acceptors (Lipinski definition) is 6. The van der Waals surface area contributed by atoms with Crippen LogP contribution in [0.15, 0.2) is 66.9 Å². The minimum atomic E-state index is -4.07. The molecule has 2 atom stereocenters. The highest BCUT2D eigenvalue weighted by molar-refractivity contribution is 14.1. The van der Waals surface area contributed by atoms with Crippen LogP contribution in [-0.4, -0.2) is 49.0 Å². The fourth-order valence-electron chi connectivity index (χ4n) is 5.13. The van der Waals surface area contributed by atoms with Crippen LogP contribution < -0.4 is 14.5 Å². The summed E-state index contributed by atoms with van der Waals surface area (Å²) in [5, 5.41) is 11.9. The zero-order valence-electron chi connectivity index (χ0n) is 21.8. The zero-order valence-corrected chi connectivity index (χ0v) is 24.7. The Labute approximate surface area is 253 Å². The van der Waals surface area contributed by atoms with Gasteiger partial charge in [-0.3, -0.25) is 14.5 Å². The molecule has 42 heavy (non-hydrogen) atoms. The maximum atomic E-state index is 14.6. The van der Waals surface area contributed by atoms with Gasteiger partial charge in [0.1, 0.15) is 23.7 Å². The van der Waals surface area contributed by atoms with Gasteiger partial charge in [0.15, 0.2) is 0 Å². The van der Waals surface area contributed by atoms with E-state index in [1.54, 1.807) is 24.3 Å². The largest absolute Gasteiger partial charge is 0.351 e. The second kappa shape index (κ2) is 11.5. The minimum absolute atomic E-state index is 0.0401. The molecule has 1 aromatic heterocycles. The molecule has 0 spiro atoms. The molecule has 2 aromatic carbocycles. The number of nitrogens with zero attached hydrogens (tertiary/aromatic N) is 4. The predicted octanol–water partition coefficient (Wildman–Crippen LogP) is 4.29. The van der Waals surface area contributed by atoms with Gasteiger partial charge in [-0.25, -0.2) is 30.9 Å². The van der Waals surface area contributed by atoms with Crippen molar-refractivity contribution in [2.75, 3.05) is 15.0 Å². The summed E-state index contributed by atoms with van der Waals surface area (Å²) in [6, 6.07) is 12.3. The van der Waals surface area contributed by atoms with E-state index in [-0.39, 0.29) is 23.5 Å². The highest BCUT2D eigenvalue weighted by Gasteiger charge is 2.49. The fraction of sp³-hybridized carbons (Fsp3) is 0.286. The lowest BCUT2D eigenvalue weighted by molar-refractivity contribution is -0.133. The van der Waals surface area contributed by atoms with Gasteiger partial charge in [0.05, 0.1) is 17.4 Å². The number of alkyl halides is 2. The lowest BCUT2D eigenvalue weighted by atomic mass is 9.87. The molecule has 0 unspecified atom stereocenters. The molecule has 1 saturated heterocycles. The molecule has 2 heterocycles. The number of benzene rings is 2. The molecule has 2 aliphatic rings. The second-order valence-corrected chi connectivity index (χ2v) is 13.1. The van der Waals surface area contributed by atoms with Crippen LogP contribution in [0.2, 0.25) is 0 Å². The van der Waals surface area contributed by atoms with Crippen molar-refractivity contribution in [3.8, 4) is 6.07 Å². The van der Waals surface area contributed by atoms with Crippen LogP contribution in [0.3, 0.4) is 0 Å². The van der Waals surface area contributed by atoms with E-state index in [0.717, 1.165) is 21.3 Å². The number of aromatic nitrogens is 1. The molecular formula is C28H23F3IN5O4S. The maximum Gasteiger partial charge on any atom is 0.252 e. The first-order valence-corrected chi connectivity index (χ1v) is 15.5. The van der Waals surface area contributed by atoms with Gasteiger partial charge in [-0.2, -0.15) is 5.26 Å². The number of carbonyl (C=O) groups is 2. The molecule has 0 radical (unpaired) electrons. The number of carbonyl (C=O) groups excluding carboxylic acids is 2. The third kappa shape index (κ3) is 5.93. The lowest BCUT2D eigenvalue weighted by Gasteiger charge is -2.39. The van der Waals surface area contributed by atoms with Crippen molar-refractivity contribution in [2.24, 2.45) is 0 Å². The van der Waals surface area contributed by atoms with Crippen LogP contribution in [0, 0.1) is 20.7 Å². The Hall–Kier alpha value is -3.71. The van der Waals surface area contributed by atoms with E-state index >= 15 is 0 Å². The Morgan fingerprint density at radius 2 is 1.88 bits per heavy atom. The van der Waals surface area contributed by atoms with Crippen molar-refractivity contribution in [3.05, 3.63) is 87.4 Å². The van der Waals surface area contributed by atoms with Crippen molar-refractivity contribution in [2.45, 2.75) is 43.3 Å². The van der Waals surface area contributed by atoms with Gasteiger partial charge in [-0.15, -0.1) is 0 Å². The Balaban J connectivity index is 1.63. The summed E-state index contributed by atoms with van der Waals surface area (Å²) in [6.45, 7) is 0. The Morgan fingerprint density at radius 3 is 2.55 bits per heavy atom. The molecule has 5 rings (SSSR count). The van der Waals surface area contributed by atoms with Gasteiger partial charge in [0, 0.05) is 34.3 Å². The van der Waals surface area contributed by atoms with E-state index in [1.807, 2.05) is 28.7 Å². The van der Waals surface area contributed by atoms with E-state index in [9.17, 15) is 36.4 Å². The summed E-state index contributed by atoms with van der Waals surface area (Å²) < 4.78 is 69.5. The smallest absolute Gasteiger partial charge is 0.252 e. The van der Waals surface area contributed by atoms with Crippen LogP contribution in [-0.2, 0) is 19.6 Å². The Morgan fingerprint density at radius 1 is 1.14 bits per heavy atom. The molecule has 1 aliphatic heterocycles. The predicted molar refractivity (Wildman–Crippen MR) is 156 cm³/mol. The van der Waals surface area contributed by atoms with Crippen molar-refractivity contribution in [1.29, 1.82) is 5.26 Å². The van der Waals surface area contributed by atoms with Crippen molar-refractivity contribution >= 4 is 55.9 Å². The van der Waals surface area contributed by atoms with Gasteiger partial charge in [0.25, 0.3) is 11.8 Å². The summed E-state index contributed by atoms with van der Waals surface area (Å²) in [5.74, 6) is -5.86. The van der Waals surface area contributed by atoms with Crippen LogP contribution in [0.25, 0.3) is 0 Å². The SMILES string of the molecule is N#Cc1ccnc(N2[C@H](C(=O)N(c3cccc(F)c3)[C@H](C(=O)NC3CC(F)(F)C3)c3ccccc3I)CCS2(=O)=O)c1. The Bertz CT molecular complexity index is 1690. The van der Waals surface area contributed by atoms with Gasteiger partial charge in [-0.05, 0) is 71.0 Å². The van der Waals surface area contributed by atoms with E-state index < -0.39 is 70.3 Å². The number of halogens is 4. The number of rotatable bonds is 7. The molecule has 2 fully saturated rings. The number of nitriles is 1. The second-order valence-electron chi connectivity index (χ2n) is 10.0. The van der Waals surface area contributed by atoms with Crippen LogP contribution in [0.4, 0.5) is 24.7 Å². The highest BCUT2D eigenvalue weighted by Crippen LogP contribution is 2.39. The van der Waals surface area contributed by atoms with E-state index in [1.165, 1.54) is 30.5 Å². The molecule has 3 aromatic rings. The normalized spacial score (nSPS) is 19.8. The number of anilines is 2. The van der Waals surface area contributed by atoms with Crippen LogP contribution in [0.5, 0.6) is 0 Å². The first-order chi connectivity index (χ1) is 19.9. The molecule has 1 N–H and O–H groups in total. The van der Waals surface area contributed by atoms with Crippen LogP contribution in [0.1, 0.15) is 36.4 Å². The monoisotopic (exact) mass is 709 g/mol. The molecule has 1 saturated carbocycles.